The maximum atomic E-state index is 15.3. The van der Waals surface area contributed by atoms with Crippen molar-refractivity contribution in [3.8, 4) is 33.6 Å². The van der Waals surface area contributed by atoms with E-state index in [1.807, 2.05) is 18.2 Å². The van der Waals surface area contributed by atoms with Crippen molar-refractivity contribution < 1.29 is 37.1 Å². The molecule has 53 heavy (non-hydrogen) atoms. The number of ketones is 1. The third kappa shape index (κ3) is 8.38. The number of nitrogens with zero attached hydrogens (tertiary/aromatic N) is 3. The van der Waals surface area contributed by atoms with Crippen molar-refractivity contribution in [3.63, 3.8) is 0 Å². The monoisotopic (exact) mass is 743 g/mol. The summed E-state index contributed by atoms with van der Waals surface area (Å²) in [4.78, 5) is 50.3. The first kappa shape index (κ1) is 37.5. The standard InChI is InChI=1S/C41H37F4N3O4S/c1-23-15-26(10-12-32(23)41(43,44)45)27-9-11-31(33(42)17-27)29-19-46-37(47-20-29)25-7-5-24(6-8-25)16-28(38(50)48-21-30(22-48)39(51)52)18-34(49)35-13-14-36(53-35)40(2,3)4/h5-15,17,19-20,28,30H,16,18,21-22H2,1-4H3,(H,51,52)/t28-/m1/s1. The largest absolute Gasteiger partial charge is 0.481 e. The van der Waals surface area contributed by atoms with E-state index in [1.165, 1.54) is 59.8 Å². The zero-order valence-electron chi connectivity index (χ0n) is 29.5. The van der Waals surface area contributed by atoms with E-state index in [4.69, 9.17) is 0 Å². The molecule has 3 heterocycles. The molecule has 0 radical (unpaired) electrons. The van der Waals surface area contributed by atoms with Gasteiger partial charge in [0.1, 0.15) is 5.82 Å². The molecule has 0 aliphatic carbocycles. The Kier molecular flexibility index (Phi) is 10.4. The van der Waals surface area contributed by atoms with Gasteiger partial charge in [0.05, 0.1) is 16.4 Å². The van der Waals surface area contributed by atoms with Crippen LogP contribution in [0, 0.1) is 24.6 Å². The Morgan fingerprint density at radius 1 is 0.868 bits per heavy atom. The molecule has 0 saturated carbocycles. The Bertz CT molecular complexity index is 2170. The van der Waals surface area contributed by atoms with Crippen LogP contribution in [0.25, 0.3) is 33.6 Å². The molecule has 0 bridgehead atoms. The van der Waals surface area contributed by atoms with Crippen LogP contribution in [0.15, 0.2) is 85.2 Å². The molecule has 3 aromatic carbocycles. The second-order valence-electron chi connectivity index (χ2n) is 14.4. The molecule has 12 heteroatoms. The van der Waals surface area contributed by atoms with Crippen molar-refractivity contribution in [2.75, 3.05) is 13.1 Å². The Labute approximate surface area is 308 Å². The molecule has 1 amide bonds. The van der Waals surface area contributed by atoms with Crippen molar-refractivity contribution in [1.82, 2.24) is 14.9 Å². The number of halogens is 4. The predicted octanol–water partition coefficient (Wildman–Crippen LogP) is 9.28. The Morgan fingerprint density at radius 3 is 2.06 bits per heavy atom. The normalized spacial score (nSPS) is 14.2. The fourth-order valence-electron chi connectivity index (χ4n) is 6.32. The first-order chi connectivity index (χ1) is 25.0. The zero-order valence-corrected chi connectivity index (χ0v) is 30.3. The summed E-state index contributed by atoms with van der Waals surface area (Å²) in [6, 6.07) is 19.1. The minimum absolute atomic E-state index is 0.00892. The predicted molar refractivity (Wildman–Crippen MR) is 195 cm³/mol. The van der Waals surface area contributed by atoms with E-state index in [9.17, 15) is 32.7 Å². The summed E-state index contributed by atoms with van der Waals surface area (Å²) in [5.74, 6) is -2.81. The lowest BCUT2D eigenvalue weighted by atomic mass is 9.89. The molecule has 5 aromatic rings. The number of likely N-dealkylation sites (tertiary alicyclic amines) is 1. The number of aliphatic carboxylic acids is 1. The van der Waals surface area contributed by atoms with Crippen molar-refractivity contribution in [3.05, 3.63) is 117 Å². The summed E-state index contributed by atoms with van der Waals surface area (Å²) in [7, 11) is 0. The fraction of sp³-hybridized carbons (Fsp3) is 0.293. The van der Waals surface area contributed by atoms with Crippen molar-refractivity contribution in [2.45, 2.75) is 52.1 Å². The topological polar surface area (TPSA) is 100 Å². The third-order valence-corrected chi connectivity index (χ3v) is 11.0. The minimum atomic E-state index is -4.47. The van der Waals surface area contributed by atoms with Crippen LogP contribution in [-0.4, -0.2) is 50.7 Å². The van der Waals surface area contributed by atoms with E-state index < -0.39 is 35.4 Å². The Balaban J connectivity index is 1.15. The average Bonchev–Trinajstić information content (AvgIpc) is 3.59. The van der Waals surface area contributed by atoms with Crippen LogP contribution in [0.1, 0.15) is 58.4 Å². The maximum absolute atomic E-state index is 15.3. The van der Waals surface area contributed by atoms with Gasteiger partial charge in [0, 0.05) is 59.4 Å². The van der Waals surface area contributed by atoms with Gasteiger partial charge in [-0.3, -0.25) is 14.4 Å². The van der Waals surface area contributed by atoms with Crippen LogP contribution in [-0.2, 0) is 27.6 Å². The van der Waals surface area contributed by atoms with Gasteiger partial charge in [-0.25, -0.2) is 14.4 Å². The molecule has 2 aromatic heterocycles. The van der Waals surface area contributed by atoms with Crippen LogP contribution < -0.4 is 0 Å². The van der Waals surface area contributed by atoms with Gasteiger partial charge in [0.25, 0.3) is 0 Å². The summed E-state index contributed by atoms with van der Waals surface area (Å²) in [5, 5.41) is 9.31. The van der Waals surface area contributed by atoms with Crippen LogP contribution in [0.5, 0.6) is 0 Å². The quantitative estimate of drug-likeness (QED) is 0.113. The molecule has 1 N–H and O–H groups in total. The number of aromatic nitrogens is 2. The fourth-order valence-corrected chi connectivity index (χ4v) is 7.33. The van der Waals surface area contributed by atoms with Gasteiger partial charge in [0.15, 0.2) is 11.6 Å². The number of alkyl halides is 3. The van der Waals surface area contributed by atoms with Gasteiger partial charge in [0.2, 0.25) is 5.91 Å². The number of carboxylic acids is 1. The Morgan fingerprint density at radius 2 is 1.49 bits per heavy atom. The lowest BCUT2D eigenvalue weighted by Crippen LogP contribution is -2.55. The average molecular weight is 744 g/mol. The lowest BCUT2D eigenvalue weighted by molar-refractivity contribution is -0.154. The highest BCUT2D eigenvalue weighted by Gasteiger charge is 2.39. The van der Waals surface area contributed by atoms with Gasteiger partial charge in [-0.15, -0.1) is 11.3 Å². The zero-order chi connectivity index (χ0) is 38.2. The number of carbonyl (C=O) groups excluding carboxylic acids is 2. The molecule has 6 rings (SSSR count). The van der Waals surface area contributed by atoms with Gasteiger partial charge in [-0.1, -0.05) is 69.3 Å². The number of aryl methyl sites for hydroxylation is 1. The van der Waals surface area contributed by atoms with Crippen molar-refractivity contribution >= 4 is 29.0 Å². The van der Waals surface area contributed by atoms with E-state index in [0.717, 1.165) is 16.5 Å². The molecular weight excluding hydrogens is 707 g/mol. The Hall–Kier alpha value is -5.23. The van der Waals surface area contributed by atoms with Crippen LogP contribution in [0.3, 0.4) is 0 Å². The molecule has 1 atom stereocenters. The highest BCUT2D eigenvalue weighted by Crippen LogP contribution is 2.36. The van der Waals surface area contributed by atoms with E-state index in [-0.39, 0.29) is 54.2 Å². The summed E-state index contributed by atoms with van der Waals surface area (Å²) in [5.41, 5.74) is 2.22. The molecule has 1 aliphatic heterocycles. The highest BCUT2D eigenvalue weighted by molar-refractivity contribution is 7.14. The smallest absolute Gasteiger partial charge is 0.416 e. The molecule has 7 nitrogen and oxygen atoms in total. The summed E-state index contributed by atoms with van der Waals surface area (Å²) >= 11 is 1.42. The molecule has 0 spiro atoms. The number of benzene rings is 3. The summed E-state index contributed by atoms with van der Waals surface area (Å²) in [6.07, 6.45) is -1.22. The third-order valence-electron chi connectivity index (χ3n) is 9.43. The highest BCUT2D eigenvalue weighted by atomic mass is 32.1. The van der Waals surface area contributed by atoms with Crippen molar-refractivity contribution in [2.24, 2.45) is 11.8 Å². The number of hydrogen-bond donors (Lipinski definition) is 1. The van der Waals surface area contributed by atoms with Gasteiger partial charge in [-0.05, 0) is 65.3 Å². The number of hydrogen-bond acceptors (Lipinski definition) is 6. The van der Waals surface area contributed by atoms with E-state index in [2.05, 4.69) is 30.7 Å². The molecular formula is C41H37F4N3O4S. The van der Waals surface area contributed by atoms with Crippen LogP contribution in [0.2, 0.25) is 0 Å². The van der Waals surface area contributed by atoms with Gasteiger partial charge >= 0.3 is 12.1 Å². The van der Waals surface area contributed by atoms with Gasteiger partial charge < -0.3 is 10.0 Å². The molecule has 274 valence electrons. The lowest BCUT2D eigenvalue weighted by Gasteiger charge is -2.38. The maximum Gasteiger partial charge on any atom is 0.416 e. The molecule has 1 fully saturated rings. The number of thiophene rings is 1. The van der Waals surface area contributed by atoms with E-state index in [1.54, 1.807) is 24.3 Å². The van der Waals surface area contributed by atoms with E-state index in [0.29, 0.717) is 33.0 Å². The summed E-state index contributed by atoms with van der Waals surface area (Å²) in [6.45, 7) is 7.81. The molecule has 1 aliphatic rings. The van der Waals surface area contributed by atoms with Crippen molar-refractivity contribution in [1.29, 1.82) is 0 Å². The number of rotatable bonds is 10. The number of Topliss-reactive ketones (excluding diaryl/α,β-unsaturated/α-hetero) is 1. The molecule has 0 unspecified atom stereocenters. The van der Waals surface area contributed by atoms with Crippen LogP contribution >= 0.6 is 11.3 Å². The summed E-state index contributed by atoms with van der Waals surface area (Å²) < 4.78 is 54.8. The van der Waals surface area contributed by atoms with Gasteiger partial charge in [-0.2, -0.15) is 13.2 Å². The number of carboxylic acid groups (broad SMARTS) is 1. The second-order valence-corrected chi connectivity index (χ2v) is 15.5. The number of amides is 1. The SMILES string of the molecule is Cc1cc(-c2ccc(-c3cnc(-c4ccc(C[C@H](CC(=O)c5ccc(C(C)(C)C)s5)C(=O)N5CC(C(=O)O)C5)cc4)nc3)c(F)c2)ccc1C(F)(F)F. The second kappa shape index (κ2) is 14.7. The first-order valence-corrected chi connectivity index (χ1v) is 17.8. The molecule has 1 saturated heterocycles. The van der Waals surface area contributed by atoms with E-state index >= 15 is 4.39 Å². The number of carbonyl (C=O) groups is 3. The first-order valence-electron chi connectivity index (χ1n) is 17.0. The minimum Gasteiger partial charge on any atom is -0.481 e. The van der Waals surface area contributed by atoms with Crippen LogP contribution in [0.4, 0.5) is 17.6 Å².